The highest BCUT2D eigenvalue weighted by atomic mass is 79.9. The minimum atomic E-state index is -0.590. The van der Waals surface area contributed by atoms with E-state index in [1.54, 1.807) is 12.1 Å². The van der Waals surface area contributed by atoms with Crippen molar-refractivity contribution in [2.24, 2.45) is 0 Å². The van der Waals surface area contributed by atoms with Gasteiger partial charge in [0.1, 0.15) is 0 Å². The van der Waals surface area contributed by atoms with Gasteiger partial charge < -0.3 is 10.4 Å². The molecule has 2 nitrogen and oxygen atoms in total. The molecule has 1 atom stereocenters. The zero-order valence-electron chi connectivity index (χ0n) is 10.8. The number of rotatable bonds is 4. The molecule has 0 saturated heterocycles. The Hall–Kier alpha value is -0.550. The number of halogens is 3. The van der Waals surface area contributed by atoms with Crippen molar-refractivity contribution < 1.29 is 5.11 Å². The fourth-order valence-corrected chi connectivity index (χ4v) is 3.69. The molecule has 0 fully saturated rings. The minimum Gasteiger partial charge on any atom is -0.387 e. The fourth-order valence-electron chi connectivity index (χ4n) is 1.87. The highest BCUT2D eigenvalue weighted by Gasteiger charge is 2.10. The van der Waals surface area contributed by atoms with Gasteiger partial charge in [0.05, 0.1) is 11.8 Å². The lowest BCUT2D eigenvalue weighted by atomic mass is 10.1. The van der Waals surface area contributed by atoms with Crippen LogP contribution in [0.15, 0.2) is 45.3 Å². The maximum absolute atomic E-state index is 10.2. The summed E-state index contributed by atoms with van der Waals surface area (Å²) in [4.78, 5) is 0. The van der Waals surface area contributed by atoms with Crippen molar-refractivity contribution in [3.8, 4) is 0 Å². The molecule has 0 aliphatic carbocycles. The van der Waals surface area contributed by atoms with Crippen molar-refractivity contribution in [3.63, 3.8) is 0 Å². The van der Waals surface area contributed by atoms with Crippen LogP contribution in [0.2, 0.25) is 5.02 Å². The van der Waals surface area contributed by atoms with Crippen molar-refractivity contribution in [1.29, 1.82) is 0 Å². The first-order chi connectivity index (χ1) is 9.47. The maximum atomic E-state index is 10.2. The normalized spacial score (nSPS) is 12.2. The number of aliphatic hydroxyl groups is 1. The van der Waals surface area contributed by atoms with Crippen LogP contribution in [0.3, 0.4) is 0 Å². The lowest BCUT2D eigenvalue weighted by molar-refractivity contribution is 0.191. The molecule has 0 saturated carbocycles. The third-order valence-corrected chi connectivity index (χ3v) is 4.42. The summed E-state index contributed by atoms with van der Waals surface area (Å²) >= 11 is 12.9. The van der Waals surface area contributed by atoms with Crippen molar-refractivity contribution in [2.45, 2.75) is 13.0 Å². The average Bonchev–Trinajstić information content (AvgIpc) is 2.38. The number of aliphatic hydroxyl groups excluding tert-OH is 1. The molecule has 1 unspecified atom stereocenters. The van der Waals surface area contributed by atoms with E-state index >= 15 is 0 Å². The van der Waals surface area contributed by atoms with Gasteiger partial charge in [0.15, 0.2) is 0 Å². The number of hydrogen-bond donors (Lipinski definition) is 2. The lowest BCUT2D eigenvalue weighted by Crippen LogP contribution is -2.12. The van der Waals surface area contributed by atoms with Crippen LogP contribution >= 0.6 is 43.5 Å². The van der Waals surface area contributed by atoms with Crippen molar-refractivity contribution in [3.05, 3.63) is 61.5 Å². The lowest BCUT2D eigenvalue weighted by Gasteiger charge is -2.16. The third kappa shape index (κ3) is 3.98. The zero-order chi connectivity index (χ0) is 14.7. The van der Waals surface area contributed by atoms with Crippen LogP contribution in [0.1, 0.15) is 17.2 Å². The molecular weight excluding hydrogens is 405 g/mol. The van der Waals surface area contributed by atoms with Gasteiger partial charge in [-0.2, -0.15) is 0 Å². The Morgan fingerprint density at radius 1 is 1.15 bits per heavy atom. The van der Waals surface area contributed by atoms with E-state index in [0.29, 0.717) is 11.6 Å². The summed E-state index contributed by atoms with van der Waals surface area (Å²) in [7, 11) is 0. The van der Waals surface area contributed by atoms with E-state index in [9.17, 15) is 5.11 Å². The number of aryl methyl sites for hydroxylation is 1. The quantitative estimate of drug-likeness (QED) is 0.703. The van der Waals surface area contributed by atoms with E-state index in [0.717, 1.165) is 25.8 Å². The molecule has 0 aromatic heterocycles. The van der Waals surface area contributed by atoms with Gasteiger partial charge >= 0.3 is 0 Å². The number of nitrogens with one attached hydrogen (secondary N) is 1. The number of hydrogen-bond acceptors (Lipinski definition) is 2. The summed E-state index contributed by atoms with van der Waals surface area (Å²) in [6.07, 6.45) is -0.590. The Morgan fingerprint density at radius 3 is 2.25 bits per heavy atom. The molecular formula is C15H14Br2ClNO. The van der Waals surface area contributed by atoms with Gasteiger partial charge in [-0.1, -0.05) is 23.7 Å². The first-order valence-corrected chi connectivity index (χ1v) is 8.07. The van der Waals surface area contributed by atoms with Crippen LogP contribution in [-0.4, -0.2) is 11.7 Å². The Kier molecular flexibility index (Phi) is 5.49. The summed E-state index contributed by atoms with van der Waals surface area (Å²) in [5.41, 5.74) is 2.93. The second kappa shape index (κ2) is 6.94. The van der Waals surface area contributed by atoms with Crippen molar-refractivity contribution in [1.82, 2.24) is 0 Å². The topological polar surface area (TPSA) is 32.3 Å². The standard InChI is InChI=1S/C15H14Br2ClNO/c1-9-6-12(16)15(13(17)7-9)19-8-14(20)10-2-4-11(18)5-3-10/h2-7,14,19-20H,8H2,1H3. The predicted molar refractivity (Wildman–Crippen MR) is 91.5 cm³/mol. The summed E-state index contributed by atoms with van der Waals surface area (Å²) in [5, 5.41) is 14.1. The Labute approximate surface area is 140 Å². The SMILES string of the molecule is Cc1cc(Br)c(NCC(O)c2ccc(Cl)cc2)c(Br)c1. The van der Waals surface area contributed by atoms with Crippen LogP contribution in [0.5, 0.6) is 0 Å². The molecule has 2 aromatic rings. The molecule has 0 spiro atoms. The number of benzene rings is 2. The smallest absolute Gasteiger partial charge is 0.0962 e. The molecule has 0 heterocycles. The van der Waals surface area contributed by atoms with E-state index in [1.165, 1.54) is 0 Å². The highest BCUT2D eigenvalue weighted by molar-refractivity contribution is 9.11. The van der Waals surface area contributed by atoms with Gasteiger partial charge in [-0.3, -0.25) is 0 Å². The second-order valence-corrected chi connectivity index (χ2v) is 6.70. The van der Waals surface area contributed by atoms with Gasteiger partial charge in [-0.25, -0.2) is 0 Å². The van der Waals surface area contributed by atoms with Crippen molar-refractivity contribution >= 4 is 49.1 Å². The molecule has 20 heavy (non-hydrogen) atoms. The summed E-state index contributed by atoms with van der Waals surface area (Å²) in [6, 6.07) is 11.3. The van der Waals surface area contributed by atoms with Crippen LogP contribution in [0.4, 0.5) is 5.69 Å². The van der Waals surface area contributed by atoms with Gasteiger partial charge in [-0.05, 0) is 74.2 Å². The van der Waals surface area contributed by atoms with Crippen LogP contribution in [-0.2, 0) is 0 Å². The molecule has 5 heteroatoms. The molecule has 2 aromatic carbocycles. The molecule has 2 N–H and O–H groups in total. The highest BCUT2D eigenvalue weighted by Crippen LogP contribution is 2.32. The summed E-state index contributed by atoms with van der Waals surface area (Å²) < 4.78 is 1.93. The molecule has 106 valence electrons. The minimum absolute atomic E-state index is 0.419. The monoisotopic (exact) mass is 417 g/mol. The van der Waals surface area contributed by atoms with E-state index in [-0.39, 0.29) is 0 Å². The van der Waals surface area contributed by atoms with Gasteiger partial charge in [-0.15, -0.1) is 0 Å². The predicted octanol–water partition coefficient (Wildman–Crippen LogP) is 5.32. The van der Waals surface area contributed by atoms with E-state index in [1.807, 2.05) is 31.2 Å². The second-order valence-electron chi connectivity index (χ2n) is 4.55. The zero-order valence-corrected chi connectivity index (χ0v) is 14.8. The Bertz CT molecular complexity index is 578. The van der Waals surface area contributed by atoms with Gasteiger partial charge in [0.25, 0.3) is 0 Å². The van der Waals surface area contributed by atoms with Crippen LogP contribution in [0.25, 0.3) is 0 Å². The van der Waals surface area contributed by atoms with E-state index in [2.05, 4.69) is 37.2 Å². The van der Waals surface area contributed by atoms with Gasteiger partial charge in [0.2, 0.25) is 0 Å². The van der Waals surface area contributed by atoms with E-state index < -0.39 is 6.10 Å². The van der Waals surface area contributed by atoms with E-state index in [4.69, 9.17) is 11.6 Å². The molecule has 0 aliphatic heterocycles. The average molecular weight is 420 g/mol. The van der Waals surface area contributed by atoms with Gasteiger partial charge in [0, 0.05) is 20.5 Å². The first kappa shape index (κ1) is 15.8. The summed E-state index contributed by atoms with van der Waals surface area (Å²) in [5.74, 6) is 0. The van der Waals surface area contributed by atoms with Crippen molar-refractivity contribution in [2.75, 3.05) is 11.9 Å². The number of anilines is 1. The molecule has 0 aliphatic rings. The largest absolute Gasteiger partial charge is 0.387 e. The Balaban J connectivity index is 2.07. The molecule has 0 bridgehead atoms. The van der Waals surface area contributed by atoms with Crippen LogP contribution in [0, 0.1) is 6.92 Å². The Morgan fingerprint density at radius 2 is 1.70 bits per heavy atom. The molecule has 2 rings (SSSR count). The third-order valence-electron chi connectivity index (χ3n) is 2.91. The fraction of sp³-hybridized carbons (Fsp3) is 0.200. The first-order valence-electron chi connectivity index (χ1n) is 6.10. The molecule has 0 radical (unpaired) electrons. The summed E-state index contributed by atoms with van der Waals surface area (Å²) in [6.45, 7) is 2.45. The van der Waals surface area contributed by atoms with Crippen LogP contribution < -0.4 is 5.32 Å². The maximum Gasteiger partial charge on any atom is 0.0962 e. The molecule has 0 amide bonds.